The van der Waals surface area contributed by atoms with Crippen LogP contribution < -0.4 is 16.4 Å². The lowest BCUT2D eigenvalue weighted by atomic mass is 9.92. The number of para-hydroxylation sites is 2. The Morgan fingerprint density at radius 3 is 2.59 bits per heavy atom. The fourth-order valence-corrected chi connectivity index (χ4v) is 4.71. The van der Waals surface area contributed by atoms with Crippen LogP contribution in [0.25, 0.3) is 21.8 Å². The summed E-state index contributed by atoms with van der Waals surface area (Å²) in [5.74, 6) is -0.126. The molecule has 180 valence electrons. The monoisotopic (exact) mass is 499 g/mol. The Balaban J connectivity index is 0.00000162. The van der Waals surface area contributed by atoms with E-state index in [2.05, 4.69) is 39.9 Å². The van der Waals surface area contributed by atoms with Crippen molar-refractivity contribution >= 4 is 58.2 Å². The predicted molar refractivity (Wildman–Crippen MR) is 144 cm³/mol. The van der Waals surface area contributed by atoms with Crippen molar-refractivity contribution in [1.82, 2.24) is 15.3 Å². The maximum absolute atomic E-state index is 12.6. The molecule has 0 saturated heterocycles. The fraction of sp³-hybridized carbons (Fsp3) is 0.308. The number of rotatable bonds is 7. The second-order valence-electron chi connectivity index (χ2n) is 8.52. The Morgan fingerprint density at radius 1 is 1.00 bits per heavy atom. The minimum atomic E-state index is -0.580. The minimum Gasteiger partial charge on any atom is -0.382 e. The first-order chi connectivity index (χ1) is 15.7. The van der Waals surface area contributed by atoms with Crippen molar-refractivity contribution in [2.75, 3.05) is 18.4 Å². The first kappa shape index (κ1) is 25.8. The second-order valence-corrected chi connectivity index (χ2v) is 8.52. The van der Waals surface area contributed by atoms with Gasteiger partial charge in [0.2, 0.25) is 5.91 Å². The number of pyridine rings is 1. The van der Waals surface area contributed by atoms with Crippen molar-refractivity contribution in [3.63, 3.8) is 0 Å². The lowest BCUT2D eigenvalue weighted by Gasteiger charge is -2.22. The van der Waals surface area contributed by atoms with E-state index in [1.54, 1.807) is 0 Å². The Hall–Kier alpha value is -2.80. The van der Waals surface area contributed by atoms with Gasteiger partial charge in [0.1, 0.15) is 0 Å². The standard InChI is InChI=1S/C26H29N5O.2ClH/c27-21(15-17-16-30-22-10-4-1-7-18(17)22)26(32)29-14-13-28-25-19-8-2-5-11-23(19)31-24-12-6-3-9-20(24)25;;/h1-2,4-5,7-8,10-11,16,21,30H,3,6,9,12-15,27H2,(H,28,31)(H,29,32);2*1H/t21-;;/m0../s1. The number of fused-ring (bicyclic) bond motifs is 3. The topological polar surface area (TPSA) is 95.8 Å². The zero-order valence-electron chi connectivity index (χ0n) is 19.0. The predicted octanol–water partition coefficient (Wildman–Crippen LogP) is 4.54. The van der Waals surface area contributed by atoms with Gasteiger partial charge < -0.3 is 21.4 Å². The molecule has 4 aromatic rings. The van der Waals surface area contributed by atoms with E-state index in [9.17, 15) is 4.79 Å². The summed E-state index contributed by atoms with van der Waals surface area (Å²) < 4.78 is 0. The number of nitrogens with zero attached hydrogens (tertiary/aromatic N) is 1. The lowest BCUT2D eigenvalue weighted by molar-refractivity contribution is -0.122. The van der Waals surface area contributed by atoms with Crippen LogP contribution in [0.4, 0.5) is 5.69 Å². The molecule has 1 aliphatic rings. The molecule has 1 atom stereocenters. The molecule has 6 nitrogen and oxygen atoms in total. The number of aromatic nitrogens is 2. The molecule has 1 amide bonds. The van der Waals surface area contributed by atoms with E-state index in [4.69, 9.17) is 10.7 Å². The second kappa shape index (κ2) is 11.6. The maximum atomic E-state index is 12.6. The van der Waals surface area contributed by atoms with Gasteiger partial charge in [-0.2, -0.15) is 0 Å². The summed E-state index contributed by atoms with van der Waals surface area (Å²) in [5, 5.41) is 8.83. The largest absolute Gasteiger partial charge is 0.382 e. The number of hydrogen-bond acceptors (Lipinski definition) is 4. The number of hydrogen-bond donors (Lipinski definition) is 4. The van der Waals surface area contributed by atoms with Crippen molar-refractivity contribution in [2.45, 2.75) is 38.1 Å². The van der Waals surface area contributed by atoms with Gasteiger partial charge in [-0.05, 0) is 55.4 Å². The van der Waals surface area contributed by atoms with Gasteiger partial charge in [-0.25, -0.2) is 0 Å². The fourth-order valence-electron chi connectivity index (χ4n) is 4.71. The van der Waals surface area contributed by atoms with E-state index >= 15 is 0 Å². The minimum absolute atomic E-state index is 0. The average Bonchev–Trinajstić information content (AvgIpc) is 3.23. The molecule has 8 heteroatoms. The van der Waals surface area contributed by atoms with Gasteiger partial charge in [-0.15, -0.1) is 24.8 Å². The van der Waals surface area contributed by atoms with Gasteiger partial charge in [0.25, 0.3) is 0 Å². The van der Waals surface area contributed by atoms with Crippen LogP contribution in [0.1, 0.15) is 29.7 Å². The number of H-pyrrole nitrogens is 1. The van der Waals surface area contributed by atoms with Gasteiger partial charge >= 0.3 is 0 Å². The van der Waals surface area contributed by atoms with E-state index in [0.717, 1.165) is 40.2 Å². The zero-order chi connectivity index (χ0) is 21.9. The number of nitrogens with one attached hydrogen (secondary N) is 3. The molecule has 5 N–H and O–H groups in total. The van der Waals surface area contributed by atoms with Gasteiger partial charge in [-0.3, -0.25) is 9.78 Å². The molecule has 0 radical (unpaired) electrons. The van der Waals surface area contributed by atoms with Crippen molar-refractivity contribution in [2.24, 2.45) is 5.73 Å². The van der Waals surface area contributed by atoms with E-state index in [0.29, 0.717) is 19.5 Å². The number of aryl methyl sites for hydroxylation is 1. The molecule has 0 fully saturated rings. The molecule has 2 heterocycles. The first-order valence-corrected chi connectivity index (χ1v) is 11.4. The summed E-state index contributed by atoms with van der Waals surface area (Å²) in [5.41, 5.74) is 13.1. The van der Waals surface area contributed by atoms with Crippen LogP contribution in [0.2, 0.25) is 0 Å². The van der Waals surface area contributed by atoms with E-state index in [1.807, 2.05) is 30.5 Å². The smallest absolute Gasteiger partial charge is 0.237 e. The average molecular weight is 500 g/mol. The Kier molecular flexibility index (Phi) is 8.78. The zero-order valence-corrected chi connectivity index (χ0v) is 20.6. The summed E-state index contributed by atoms with van der Waals surface area (Å²) in [6.45, 7) is 1.16. The van der Waals surface area contributed by atoms with E-state index < -0.39 is 6.04 Å². The molecular weight excluding hydrogens is 469 g/mol. The van der Waals surface area contributed by atoms with E-state index in [1.165, 1.54) is 29.8 Å². The number of carbonyl (C=O) groups is 1. The number of halogens is 2. The number of anilines is 1. The lowest BCUT2D eigenvalue weighted by Crippen LogP contribution is -2.43. The number of benzene rings is 2. The van der Waals surface area contributed by atoms with Crippen molar-refractivity contribution in [3.05, 3.63) is 71.5 Å². The number of nitrogens with two attached hydrogens (primary N) is 1. The summed E-state index contributed by atoms with van der Waals surface area (Å²) in [7, 11) is 0. The van der Waals surface area contributed by atoms with Gasteiger partial charge in [-0.1, -0.05) is 36.4 Å². The normalized spacial score (nSPS) is 13.4. The molecule has 5 rings (SSSR count). The molecule has 0 saturated carbocycles. The van der Waals surface area contributed by atoms with Crippen LogP contribution in [-0.2, 0) is 24.1 Å². The third-order valence-electron chi connectivity index (χ3n) is 6.35. The van der Waals surface area contributed by atoms with Gasteiger partial charge in [0.15, 0.2) is 0 Å². The molecular formula is C26H31Cl2N5O. The molecule has 34 heavy (non-hydrogen) atoms. The maximum Gasteiger partial charge on any atom is 0.237 e. The number of amides is 1. The molecule has 0 bridgehead atoms. The molecule has 1 aliphatic carbocycles. The van der Waals surface area contributed by atoms with Crippen molar-refractivity contribution in [1.29, 1.82) is 0 Å². The van der Waals surface area contributed by atoms with Crippen LogP contribution in [0.3, 0.4) is 0 Å². The molecule has 2 aromatic carbocycles. The number of carbonyl (C=O) groups excluding carboxylic acids is 1. The van der Waals surface area contributed by atoms with E-state index in [-0.39, 0.29) is 30.7 Å². The third-order valence-corrected chi connectivity index (χ3v) is 6.35. The highest BCUT2D eigenvalue weighted by Gasteiger charge is 2.19. The summed E-state index contributed by atoms with van der Waals surface area (Å²) >= 11 is 0. The van der Waals surface area contributed by atoms with Crippen LogP contribution in [-0.4, -0.2) is 35.0 Å². The quantitative estimate of drug-likeness (QED) is 0.280. The highest BCUT2D eigenvalue weighted by molar-refractivity contribution is 5.93. The summed E-state index contributed by atoms with van der Waals surface area (Å²) in [6.07, 6.45) is 6.93. The van der Waals surface area contributed by atoms with Gasteiger partial charge in [0.05, 0.1) is 11.6 Å². The van der Waals surface area contributed by atoms with Crippen molar-refractivity contribution in [3.8, 4) is 0 Å². The van der Waals surface area contributed by atoms with Crippen LogP contribution in [0, 0.1) is 0 Å². The van der Waals surface area contributed by atoms with Crippen molar-refractivity contribution < 1.29 is 4.79 Å². The molecule has 0 spiro atoms. The Labute approximate surface area is 211 Å². The summed E-state index contributed by atoms with van der Waals surface area (Å²) in [4.78, 5) is 20.7. The summed E-state index contributed by atoms with van der Waals surface area (Å²) in [6, 6.07) is 15.8. The van der Waals surface area contributed by atoms with Crippen LogP contribution >= 0.6 is 24.8 Å². The van der Waals surface area contributed by atoms with Gasteiger partial charge in [0, 0.05) is 47.0 Å². The van der Waals surface area contributed by atoms with Crippen LogP contribution in [0.15, 0.2) is 54.7 Å². The first-order valence-electron chi connectivity index (χ1n) is 11.4. The SMILES string of the molecule is Cl.Cl.N[C@@H](Cc1c[nH]c2ccccc12)C(=O)NCCNc1c2c(nc3ccccc13)CCCC2. The Morgan fingerprint density at radius 2 is 1.74 bits per heavy atom. The number of aromatic amines is 1. The van der Waals surface area contributed by atoms with Crippen LogP contribution in [0.5, 0.6) is 0 Å². The Bertz CT molecular complexity index is 1270. The molecule has 0 aliphatic heterocycles. The third kappa shape index (κ3) is 5.30. The highest BCUT2D eigenvalue weighted by atomic mass is 35.5. The molecule has 0 unspecified atom stereocenters. The highest BCUT2D eigenvalue weighted by Crippen LogP contribution is 2.33. The molecule has 2 aromatic heterocycles.